The Morgan fingerprint density at radius 2 is 1.93 bits per heavy atom. The average molecular weight is 370 g/mol. The molecule has 1 fully saturated rings. The van der Waals surface area contributed by atoms with Crippen LogP contribution in [-0.2, 0) is 0 Å². The SMILES string of the molecule is CCNc1nc2ccccc2n2c(-c3ccc(C(=O)CC4CC4)cc3)cnc12. The second kappa shape index (κ2) is 6.75. The summed E-state index contributed by atoms with van der Waals surface area (Å²) in [4.78, 5) is 21.7. The lowest BCUT2D eigenvalue weighted by Crippen LogP contribution is -2.04. The molecule has 0 spiro atoms. The number of imidazole rings is 1. The minimum absolute atomic E-state index is 0.247. The number of para-hydroxylation sites is 2. The Labute approximate surface area is 163 Å². The zero-order chi connectivity index (χ0) is 19.1. The zero-order valence-corrected chi connectivity index (χ0v) is 15.9. The average Bonchev–Trinajstić information content (AvgIpc) is 3.42. The van der Waals surface area contributed by atoms with Gasteiger partial charge in [-0.25, -0.2) is 9.97 Å². The maximum Gasteiger partial charge on any atom is 0.181 e. The van der Waals surface area contributed by atoms with E-state index in [4.69, 9.17) is 4.98 Å². The van der Waals surface area contributed by atoms with E-state index in [1.165, 1.54) is 12.8 Å². The number of rotatable bonds is 6. The minimum Gasteiger partial charge on any atom is -0.367 e. The summed E-state index contributed by atoms with van der Waals surface area (Å²) in [5.41, 5.74) is 5.57. The second-order valence-corrected chi connectivity index (χ2v) is 7.43. The molecular weight excluding hydrogens is 348 g/mol. The van der Waals surface area contributed by atoms with Gasteiger partial charge in [-0.2, -0.15) is 0 Å². The monoisotopic (exact) mass is 370 g/mol. The van der Waals surface area contributed by atoms with Crippen LogP contribution in [0.1, 0.15) is 36.5 Å². The number of aromatic nitrogens is 3. The zero-order valence-electron chi connectivity index (χ0n) is 15.9. The first-order valence-electron chi connectivity index (χ1n) is 9.88. The van der Waals surface area contributed by atoms with Crippen molar-refractivity contribution in [3.8, 4) is 11.3 Å². The predicted octanol–water partition coefficient (Wildman–Crippen LogP) is 4.96. The van der Waals surface area contributed by atoms with Crippen LogP contribution < -0.4 is 5.32 Å². The molecule has 1 aliphatic rings. The van der Waals surface area contributed by atoms with Gasteiger partial charge in [0, 0.05) is 24.1 Å². The molecule has 1 saturated carbocycles. The minimum atomic E-state index is 0.247. The van der Waals surface area contributed by atoms with Crippen LogP contribution in [-0.4, -0.2) is 26.7 Å². The highest BCUT2D eigenvalue weighted by Crippen LogP contribution is 2.34. The van der Waals surface area contributed by atoms with E-state index < -0.39 is 0 Å². The molecule has 5 heteroatoms. The quantitative estimate of drug-likeness (QED) is 0.487. The molecule has 0 radical (unpaired) electrons. The third-order valence-corrected chi connectivity index (χ3v) is 5.35. The van der Waals surface area contributed by atoms with E-state index in [2.05, 4.69) is 27.7 Å². The van der Waals surface area contributed by atoms with Gasteiger partial charge in [0.25, 0.3) is 0 Å². The number of Topliss-reactive ketones (excluding diaryl/α,β-unsaturated/α-hetero) is 1. The molecule has 28 heavy (non-hydrogen) atoms. The number of benzene rings is 2. The summed E-state index contributed by atoms with van der Waals surface area (Å²) in [6, 6.07) is 16.0. The van der Waals surface area contributed by atoms with Crippen molar-refractivity contribution in [2.45, 2.75) is 26.2 Å². The summed E-state index contributed by atoms with van der Waals surface area (Å²) >= 11 is 0. The fourth-order valence-corrected chi connectivity index (χ4v) is 3.70. The molecule has 5 nitrogen and oxygen atoms in total. The Morgan fingerprint density at radius 1 is 1.14 bits per heavy atom. The first-order valence-corrected chi connectivity index (χ1v) is 9.88. The highest BCUT2D eigenvalue weighted by molar-refractivity contribution is 5.97. The van der Waals surface area contributed by atoms with E-state index in [1.54, 1.807) is 0 Å². The van der Waals surface area contributed by atoms with Crippen molar-refractivity contribution in [3.63, 3.8) is 0 Å². The van der Waals surface area contributed by atoms with Crippen LogP contribution in [0, 0.1) is 5.92 Å². The van der Waals surface area contributed by atoms with Gasteiger partial charge < -0.3 is 5.32 Å². The molecule has 0 bridgehead atoms. The van der Waals surface area contributed by atoms with Gasteiger partial charge in [-0.3, -0.25) is 9.20 Å². The highest BCUT2D eigenvalue weighted by Gasteiger charge is 2.25. The largest absolute Gasteiger partial charge is 0.367 e. The molecule has 0 unspecified atom stereocenters. The van der Waals surface area contributed by atoms with Crippen LogP contribution in [0.5, 0.6) is 0 Å². The van der Waals surface area contributed by atoms with Crippen LogP contribution in [0.15, 0.2) is 54.7 Å². The maximum atomic E-state index is 12.4. The summed E-state index contributed by atoms with van der Waals surface area (Å²) < 4.78 is 2.14. The molecule has 4 aromatic rings. The number of nitrogens with zero attached hydrogens (tertiary/aromatic N) is 3. The summed E-state index contributed by atoms with van der Waals surface area (Å²) in [6.45, 7) is 2.83. The summed E-state index contributed by atoms with van der Waals surface area (Å²) in [5, 5.41) is 3.32. The summed E-state index contributed by atoms with van der Waals surface area (Å²) in [6.07, 6.45) is 4.95. The summed E-state index contributed by atoms with van der Waals surface area (Å²) in [5.74, 6) is 1.63. The van der Waals surface area contributed by atoms with Crippen molar-refractivity contribution in [2.24, 2.45) is 5.92 Å². The van der Waals surface area contributed by atoms with Crippen LogP contribution in [0.25, 0.3) is 27.9 Å². The number of hydrogen-bond donors (Lipinski definition) is 1. The van der Waals surface area contributed by atoms with E-state index >= 15 is 0 Å². The van der Waals surface area contributed by atoms with E-state index in [9.17, 15) is 4.79 Å². The van der Waals surface area contributed by atoms with Crippen molar-refractivity contribution in [2.75, 3.05) is 11.9 Å². The molecule has 0 saturated heterocycles. The molecule has 0 atom stereocenters. The normalized spacial score (nSPS) is 13.9. The van der Waals surface area contributed by atoms with Crippen molar-refractivity contribution in [3.05, 3.63) is 60.3 Å². The van der Waals surface area contributed by atoms with Crippen molar-refractivity contribution in [1.29, 1.82) is 0 Å². The van der Waals surface area contributed by atoms with Crippen LogP contribution >= 0.6 is 0 Å². The molecule has 2 aromatic heterocycles. The Kier molecular flexibility index (Phi) is 4.08. The van der Waals surface area contributed by atoms with E-state index in [-0.39, 0.29) is 5.78 Å². The Bertz CT molecular complexity index is 1170. The predicted molar refractivity (Wildman–Crippen MR) is 112 cm³/mol. The molecular formula is C23H22N4O. The van der Waals surface area contributed by atoms with Gasteiger partial charge in [-0.1, -0.05) is 36.4 Å². The Morgan fingerprint density at radius 3 is 2.68 bits per heavy atom. The van der Waals surface area contributed by atoms with Gasteiger partial charge in [-0.15, -0.1) is 0 Å². The second-order valence-electron chi connectivity index (χ2n) is 7.43. The van der Waals surface area contributed by atoms with Crippen LogP contribution in [0.3, 0.4) is 0 Å². The summed E-state index contributed by atoms with van der Waals surface area (Å²) in [7, 11) is 0. The van der Waals surface area contributed by atoms with Gasteiger partial charge in [0.1, 0.15) is 0 Å². The molecule has 140 valence electrons. The van der Waals surface area contributed by atoms with E-state index in [0.29, 0.717) is 12.3 Å². The standard InChI is InChI=1S/C23H22N4O/c1-2-24-22-23-25-14-20(27(23)19-6-4-3-5-18(19)26-22)16-9-11-17(12-10-16)21(28)13-15-7-8-15/h3-6,9-12,14-15H,2,7-8,13H2,1H3,(H,24,26). The first-order chi connectivity index (χ1) is 13.7. The Hall–Kier alpha value is -3.21. The number of hydrogen-bond acceptors (Lipinski definition) is 4. The fraction of sp³-hybridized carbons (Fsp3) is 0.261. The lowest BCUT2D eigenvalue weighted by Gasteiger charge is -2.10. The molecule has 1 aliphatic carbocycles. The van der Waals surface area contributed by atoms with Gasteiger partial charge in [0.15, 0.2) is 17.2 Å². The molecule has 2 heterocycles. The third-order valence-electron chi connectivity index (χ3n) is 5.35. The number of carbonyl (C=O) groups excluding carboxylic acids is 1. The number of ketones is 1. The van der Waals surface area contributed by atoms with E-state index in [0.717, 1.165) is 45.9 Å². The van der Waals surface area contributed by atoms with Gasteiger partial charge in [0.2, 0.25) is 0 Å². The fourth-order valence-electron chi connectivity index (χ4n) is 3.70. The van der Waals surface area contributed by atoms with Gasteiger partial charge in [0.05, 0.1) is 22.9 Å². The van der Waals surface area contributed by atoms with Crippen LogP contribution in [0.2, 0.25) is 0 Å². The topological polar surface area (TPSA) is 59.3 Å². The van der Waals surface area contributed by atoms with Crippen molar-refractivity contribution >= 4 is 28.3 Å². The lowest BCUT2D eigenvalue weighted by atomic mass is 10.0. The van der Waals surface area contributed by atoms with Gasteiger partial charge >= 0.3 is 0 Å². The smallest absolute Gasteiger partial charge is 0.181 e. The number of fused-ring (bicyclic) bond motifs is 3. The molecule has 1 N–H and O–H groups in total. The lowest BCUT2D eigenvalue weighted by molar-refractivity contribution is 0.0976. The molecule has 0 amide bonds. The molecule has 5 rings (SSSR count). The maximum absolute atomic E-state index is 12.4. The van der Waals surface area contributed by atoms with Crippen molar-refractivity contribution in [1.82, 2.24) is 14.4 Å². The van der Waals surface area contributed by atoms with E-state index in [1.807, 2.05) is 48.7 Å². The first kappa shape index (κ1) is 16.9. The highest BCUT2D eigenvalue weighted by atomic mass is 16.1. The van der Waals surface area contributed by atoms with Gasteiger partial charge in [-0.05, 0) is 37.8 Å². The third kappa shape index (κ3) is 2.93. The number of anilines is 1. The molecule has 2 aromatic carbocycles. The van der Waals surface area contributed by atoms with Crippen LogP contribution in [0.4, 0.5) is 5.82 Å². The Balaban J connectivity index is 1.61. The number of nitrogens with one attached hydrogen (secondary N) is 1. The van der Waals surface area contributed by atoms with Crippen molar-refractivity contribution < 1.29 is 4.79 Å². The number of carbonyl (C=O) groups is 1. The molecule has 0 aliphatic heterocycles.